The predicted molar refractivity (Wildman–Crippen MR) is 154 cm³/mol. The van der Waals surface area contributed by atoms with Crippen LogP contribution in [0.2, 0.25) is 10.3 Å². The summed E-state index contributed by atoms with van der Waals surface area (Å²) in [5.41, 5.74) is 7.46. The molecule has 4 aromatic rings. The first-order valence-electron chi connectivity index (χ1n) is 11.1. The third-order valence-electron chi connectivity index (χ3n) is 5.05. The summed E-state index contributed by atoms with van der Waals surface area (Å²) < 4.78 is 20.2. The van der Waals surface area contributed by atoms with Crippen LogP contribution in [0.4, 0.5) is 0 Å². The van der Waals surface area contributed by atoms with Crippen molar-refractivity contribution in [1.29, 1.82) is 0 Å². The molecule has 36 heavy (non-hydrogen) atoms. The lowest BCUT2D eigenvalue weighted by atomic mass is 10.1. The monoisotopic (exact) mass is 568 g/mol. The van der Waals surface area contributed by atoms with Gasteiger partial charge >= 0.3 is 0 Å². The van der Waals surface area contributed by atoms with Gasteiger partial charge in [0.2, 0.25) is 11.3 Å². The van der Waals surface area contributed by atoms with E-state index in [4.69, 9.17) is 33.1 Å². The number of rotatable bonds is 5. The van der Waals surface area contributed by atoms with E-state index in [-0.39, 0.29) is 24.5 Å². The molecule has 3 atom stereocenters. The molecule has 2 heterocycles. The summed E-state index contributed by atoms with van der Waals surface area (Å²) in [7, 11) is 0. The zero-order valence-corrected chi connectivity index (χ0v) is 23.9. The molecule has 0 aliphatic carbocycles. The number of nitrogens with two attached hydrogens (primary N) is 1. The fourth-order valence-corrected chi connectivity index (χ4v) is 4.54. The van der Waals surface area contributed by atoms with Crippen LogP contribution in [0, 0.1) is 0 Å². The van der Waals surface area contributed by atoms with E-state index >= 15 is 0 Å². The Kier molecular flexibility index (Phi) is 11.1. The van der Waals surface area contributed by atoms with Crippen molar-refractivity contribution in [2.24, 2.45) is 5.73 Å². The number of pyridine rings is 2. The van der Waals surface area contributed by atoms with E-state index < -0.39 is 16.9 Å². The second-order valence-corrected chi connectivity index (χ2v) is 10.9. The van der Waals surface area contributed by atoms with E-state index in [1.165, 1.54) is 0 Å². The number of benzene rings is 2. The largest absolute Gasteiger partial charge is 0.324 e. The third-order valence-corrected chi connectivity index (χ3v) is 6.66. The second-order valence-electron chi connectivity index (χ2n) is 9.29. The summed E-state index contributed by atoms with van der Waals surface area (Å²) in [6, 6.07) is 15.6. The van der Waals surface area contributed by atoms with E-state index in [2.05, 4.69) is 14.7 Å². The lowest BCUT2D eigenvalue weighted by molar-refractivity contribution is 0.149. The topological polar surface area (TPSA) is 90.1 Å². The summed E-state index contributed by atoms with van der Waals surface area (Å²) in [5.74, 6) is 0. The SMILES string of the molecule is C[C@@H](N)c1ccc2cnc(Cl)cc2c1.C[C@@H](NS(=O)OC(C)(C)C)c1ccc2cnc(Cl)cc2c1.Cl. The normalized spacial score (nSPS) is 13.9. The van der Waals surface area contributed by atoms with Crippen LogP contribution in [0.5, 0.6) is 0 Å². The first-order valence-corrected chi connectivity index (χ1v) is 13.0. The zero-order valence-electron chi connectivity index (χ0n) is 20.8. The Morgan fingerprint density at radius 1 is 0.861 bits per heavy atom. The maximum Gasteiger partial charge on any atom is 0.235 e. The standard InChI is InChI=1S/C15H19ClN2O2S.C11H11ClN2.ClH/c1-10(18-21(19)20-15(2,3)4)11-5-6-12-9-17-14(16)8-13(12)7-11;1-7(13)8-2-3-9-6-14-11(12)5-10(9)4-8;/h5-10,18H,1-4H3;2-7H,13H2,1H3;1H/t10-,21?;7-;/m11./s1. The molecule has 0 saturated heterocycles. The molecule has 6 nitrogen and oxygen atoms in total. The van der Waals surface area contributed by atoms with Gasteiger partial charge in [-0.2, -0.15) is 0 Å². The fourth-order valence-electron chi connectivity index (χ4n) is 3.28. The molecule has 10 heteroatoms. The van der Waals surface area contributed by atoms with Crippen LogP contribution >= 0.6 is 35.6 Å². The van der Waals surface area contributed by atoms with Crippen molar-refractivity contribution < 1.29 is 8.39 Å². The molecule has 0 fully saturated rings. The molecule has 0 spiro atoms. The molecule has 3 N–H and O–H groups in total. The van der Waals surface area contributed by atoms with Gasteiger partial charge in [-0.25, -0.2) is 18.9 Å². The highest BCUT2D eigenvalue weighted by molar-refractivity contribution is 7.78. The molecular formula is C26H31Cl3N4O2S. The molecule has 0 aliphatic rings. The Morgan fingerprint density at radius 2 is 1.33 bits per heavy atom. The maximum atomic E-state index is 11.9. The number of nitrogens with zero attached hydrogens (tertiary/aromatic N) is 2. The van der Waals surface area contributed by atoms with Crippen LogP contribution in [0.15, 0.2) is 60.9 Å². The average molecular weight is 570 g/mol. The molecule has 0 amide bonds. The lowest BCUT2D eigenvalue weighted by Gasteiger charge is -2.20. The molecule has 0 saturated carbocycles. The fraction of sp³-hybridized carbons (Fsp3) is 0.308. The summed E-state index contributed by atoms with van der Waals surface area (Å²) in [6.45, 7) is 9.49. The number of fused-ring (bicyclic) bond motifs is 2. The van der Waals surface area contributed by atoms with Gasteiger partial charge in [0.1, 0.15) is 10.3 Å². The third kappa shape index (κ3) is 8.92. The summed E-state index contributed by atoms with van der Waals surface area (Å²) in [6.07, 6.45) is 3.50. The number of nitrogens with one attached hydrogen (secondary N) is 1. The van der Waals surface area contributed by atoms with Gasteiger partial charge in [0, 0.05) is 35.2 Å². The van der Waals surface area contributed by atoms with Crippen molar-refractivity contribution in [1.82, 2.24) is 14.7 Å². The van der Waals surface area contributed by atoms with Crippen molar-refractivity contribution in [2.45, 2.75) is 52.3 Å². The summed E-state index contributed by atoms with van der Waals surface area (Å²) in [5, 5.41) is 5.16. The van der Waals surface area contributed by atoms with Crippen molar-refractivity contribution >= 4 is 68.4 Å². The quantitative estimate of drug-likeness (QED) is 0.247. The van der Waals surface area contributed by atoms with Crippen molar-refractivity contribution in [3.8, 4) is 0 Å². The van der Waals surface area contributed by atoms with Crippen molar-refractivity contribution in [2.75, 3.05) is 0 Å². The van der Waals surface area contributed by atoms with Crippen LogP contribution in [0.1, 0.15) is 57.8 Å². The zero-order chi connectivity index (χ0) is 25.8. The minimum atomic E-state index is -1.55. The van der Waals surface area contributed by atoms with Crippen LogP contribution in [-0.4, -0.2) is 19.8 Å². The Balaban J connectivity index is 0.000000265. The van der Waals surface area contributed by atoms with Crippen LogP contribution < -0.4 is 10.5 Å². The molecular weight excluding hydrogens is 539 g/mol. The second kappa shape index (κ2) is 13.1. The van der Waals surface area contributed by atoms with Crippen molar-refractivity contribution in [3.63, 3.8) is 0 Å². The molecule has 2 aromatic carbocycles. The van der Waals surface area contributed by atoms with Crippen LogP contribution in [0.25, 0.3) is 21.5 Å². The van der Waals surface area contributed by atoms with E-state index in [1.54, 1.807) is 12.4 Å². The average Bonchev–Trinajstić information content (AvgIpc) is 2.77. The highest BCUT2D eigenvalue weighted by Crippen LogP contribution is 2.23. The molecule has 0 aliphatic heterocycles. The van der Waals surface area contributed by atoms with E-state index in [1.807, 2.05) is 83.1 Å². The molecule has 2 aromatic heterocycles. The Morgan fingerprint density at radius 3 is 1.81 bits per heavy atom. The van der Waals surface area contributed by atoms with Gasteiger partial charge in [0.05, 0.1) is 5.60 Å². The van der Waals surface area contributed by atoms with Gasteiger partial charge in [-0.05, 0) is 80.8 Å². The minimum Gasteiger partial charge on any atom is -0.324 e. The van der Waals surface area contributed by atoms with E-state index in [9.17, 15) is 4.21 Å². The number of halogens is 3. The number of hydrogen-bond acceptors (Lipinski definition) is 5. The van der Waals surface area contributed by atoms with Gasteiger partial charge in [0.25, 0.3) is 0 Å². The van der Waals surface area contributed by atoms with Gasteiger partial charge < -0.3 is 5.73 Å². The molecule has 1 unspecified atom stereocenters. The number of hydrogen-bond donors (Lipinski definition) is 2. The summed E-state index contributed by atoms with van der Waals surface area (Å²) >= 11 is 10.2. The van der Waals surface area contributed by atoms with Gasteiger partial charge in [-0.1, -0.05) is 47.5 Å². The Labute approximate surface area is 231 Å². The first-order chi connectivity index (χ1) is 16.4. The molecule has 194 valence electrons. The Hall–Kier alpha value is -1.84. The molecule has 0 radical (unpaired) electrons. The van der Waals surface area contributed by atoms with Gasteiger partial charge in [0.15, 0.2) is 0 Å². The van der Waals surface area contributed by atoms with Crippen LogP contribution in [-0.2, 0) is 15.4 Å². The van der Waals surface area contributed by atoms with Gasteiger partial charge in [-0.3, -0.25) is 4.18 Å². The Bertz CT molecular complexity index is 1350. The highest BCUT2D eigenvalue weighted by atomic mass is 35.5. The minimum absolute atomic E-state index is 0. The van der Waals surface area contributed by atoms with E-state index in [0.29, 0.717) is 10.3 Å². The summed E-state index contributed by atoms with van der Waals surface area (Å²) in [4.78, 5) is 8.07. The van der Waals surface area contributed by atoms with Gasteiger partial charge in [-0.15, -0.1) is 12.4 Å². The molecule has 0 bridgehead atoms. The van der Waals surface area contributed by atoms with Crippen LogP contribution in [0.3, 0.4) is 0 Å². The smallest absolute Gasteiger partial charge is 0.235 e. The first kappa shape index (κ1) is 30.4. The lowest BCUT2D eigenvalue weighted by Crippen LogP contribution is -2.30. The molecule has 4 rings (SSSR count). The highest BCUT2D eigenvalue weighted by Gasteiger charge is 2.17. The van der Waals surface area contributed by atoms with Crippen molar-refractivity contribution in [3.05, 3.63) is 82.4 Å². The number of aromatic nitrogens is 2. The maximum absolute atomic E-state index is 11.9. The van der Waals surface area contributed by atoms with E-state index in [0.717, 1.165) is 32.7 Å². The predicted octanol–water partition coefficient (Wildman–Crippen LogP) is 7.26.